The number of hydrogen-bond donors (Lipinski definition) is 0. The lowest BCUT2D eigenvalue weighted by molar-refractivity contribution is -0.423. The molecule has 0 heterocycles. The summed E-state index contributed by atoms with van der Waals surface area (Å²) in [5.74, 6) is -27.7. The Balaban J connectivity index is 3.19. The van der Waals surface area contributed by atoms with Gasteiger partial charge in [0, 0.05) is 13.5 Å². The highest BCUT2D eigenvalue weighted by Crippen LogP contribution is 2.58. The van der Waals surface area contributed by atoms with Crippen LogP contribution in [0.1, 0.15) is 38.4 Å². The van der Waals surface area contributed by atoms with Gasteiger partial charge in [-0.15, -0.1) is 0 Å². The molecule has 0 N–H and O–H groups in total. The molecule has 31 heavy (non-hydrogen) atoms. The average molecular weight is 476 g/mol. The largest absolute Gasteiger partial charge is 0.491 e. The Bertz CT molecular complexity index is 714. The first-order chi connectivity index (χ1) is 13.9. The second-order valence-corrected chi connectivity index (χ2v) is 6.76. The van der Waals surface area contributed by atoms with E-state index in [4.69, 9.17) is 4.74 Å². The summed E-state index contributed by atoms with van der Waals surface area (Å²) >= 11 is 0. The van der Waals surface area contributed by atoms with Crippen molar-refractivity contribution >= 4 is 0 Å². The molecule has 2 nitrogen and oxygen atoms in total. The zero-order valence-corrected chi connectivity index (χ0v) is 16.4. The molecule has 2 unspecified atom stereocenters. The second kappa shape index (κ2) is 8.99. The van der Waals surface area contributed by atoms with Crippen molar-refractivity contribution in [2.24, 2.45) is 0 Å². The van der Waals surface area contributed by atoms with Crippen molar-refractivity contribution in [2.45, 2.75) is 68.8 Å². The number of hydrogen-bond acceptors (Lipinski definition) is 2. The van der Waals surface area contributed by atoms with Crippen molar-refractivity contribution in [3.63, 3.8) is 0 Å². The molecule has 0 aliphatic heterocycles. The third-order valence-corrected chi connectivity index (χ3v) is 4.49. The van der Waals surface area contributed by atoms with Crippen LogP contribution in [0, 0.1) is 0 Å². The van der Waals surface area contributed by atoms with Crippen LogP contribution >= 0.6 is 0 Å². The zero-order valence-electron chi connectivity index (χ0n) is 16.4. The van der Waals surface area contributed by atoms with Crippen molar-refractivity contribution in [3.05, 3.63) is 29.8 Å². The smallest absolute Gasteiger partial charge is 0.460 e. The fraction of sp³-hybridized carbons (Fsp3) is 0.667. The zero-order chi connectivity index (χ0) is 24.5. The molecule has 1 aromatic rings. The van der Waals surface area contributed by atoms with Gasteiger partial charge >= 0.3 is 29.9 Å². The van der Waals surface area contributed by atoms with Crippen LogP contribution in [0.4, 0.5) is 48.3 Å². The van der Waals surface area contributed by atoms with Crippen molar-refractivity contribution in [1.82, 2.24) is 0 Å². The number of ether oxygens (including phenoxy) is 2. The standard InChI is InChI=1S/C18H19F11O2/c1-4-10(2)31-12-7-5-11(6-8-12)13(30-3)9-14(19,20)15(21,22)16(23,24)17(25,26)18(27,28)29/h5-8,10,13H,4,9H2,1-3H3. The second-order valence-electron chi connectivity index (χ2n) is 6.76. The third kappa shape index (κ3) is 5.17. The van der Waals surface area contributed by atoms with Gasteiger partial charge in [0.1, 0.15) is 5.75 Å². The number of alkyl halides is 11. The Morgan fingerprint density at radius 1 is 0.774 bits per heavy atom. The molecule has 0 saturated heterocycles. The predicted molar refractivity (Wildman–Crippen MR) is 87.0 cm³/mol. The van der Waals surface area contributed by atoms with E-state index in [0.717, 1.165) is 19.2 Å². The summed E-state index contributed by atoms with van der Waals surface area (Å²) in [4.78, 5) is 0. The molecule has 0 spiro atoms. The van der Waals surface area contributed by atoms with Crippen LogP contribution in [-0.4, -0.2) is 43.1 Å². The van der Waals surface area contributed by atoms with Crippen LogP contribution in [0.5, 0.6) is 5.75 Å². The van der Waals surface area contributed by atoms with E-state index in [2.05, 4.69) is 4.74 Å². The summed E-state index contributed by atoms with van der Waals surface area (Å²) < 4.78 is 154. The van der Waals surface area contributed by atoms with E-state index >= 15 is 0 Å². The summed E-state index contributed by atoms with van der Waals surface area (Å²) in [6.07, 6.45) is -11.1. The molecule has 2 atom stereocenters. The van der Waals surface area contributed by atoms with E-state index in [-0.39, 0.29) is 17.4 Å². The van der Waals surface area contributed by atoms with Crippen molar-refractivity contribution in [2.75, 3.05) is 7.11 Å². The lowest BCUT2D eigenvalue weighted by Gasteiger charge is -2.38. The van der Waals surface area contributed by atoms with Crippen LogP contribution in [0.15, 0.2) is 24.3 Å². The first-order valence-electron chi connectivity index (χ1n) is 8.73. The van der Waals surface area contributed by atoms with Gasteiger partial charge in [0.25, 0.3) is 0 Å². The average Bonchev–Trinajstić information content (AvgIpc) is 2.65. The molecule has 180 valence electrons. The Kier molecular flexibility index (Phi) is 7.90. The molecular formula is C18H19F11O2. The summed E-state index contributed by atoms with van der Waals surface area (Å²) in [6, 6.07) is 4.61. The number of rotatable bonds is 10. The van der Waals surface area contributed by atoms with Gasteiger partial charge in [0.2, 0.25) is 0 Å². The molecule has 0 bridgehead atoms. The number of benzene rings is 1. The van der Waals surface area contributed by atoms with Gasteiger partial charge < -0.3 is 9.47 Å². The third-order valence-electron chi connectivity index (χ3n) is 4.49. The topological polar surface area (TPSA) is 18.5 Å². The van der Waals surface area contributed by atoms with Gasteiger partial charge in [0.05, 0.1) is 12.2 Å². The molecule has 0 aromatic heterocycles. The summed E-state index contributed by atoms with van der Waals surface area (Å²) in [7, 11) is 0.741. The van der Waals surface area contributed by atoms with Gasteiger partial charge in [-0.2, -0.15) is 48.3 Å². The van der Waals surface area contributed by atoms with Gasteiger partial charge in [-0.3, -0.25) is 0 Å². The maximum atomic E-state index is 14.0. The summed E-state index contributed by atoms with van der Waals surface area (Å²) in [5, 5.41) is 0. The normalized spacial score (nSPS) is 16.2. The summed E-state index contributed by atoms with van der Waals surface area (Å²) in [6.45, 7) is 3.52. The molecule has 1 rings (SSSR count). The number of halogens is 11. The molecule has 0 radical (unpaired) electrons. The van der Waals surface area contributed by atoms with Crippen LogP contribution in [0.25, 0.3) is 0 Å². The highest BCUT2D eigenvalue weighted by atomic mass is 19.4. The van der Waals surface area contributed by atoms with Gasteiger partial charge in [0.15, 0.2) is 0 Å². The Labute approximate surface area is 170 Å². The van der Waals surface area contributed by atoms with Crippen LogP contribution < -0.4 is 4.74 Å². The van der Waals surface area contributed by atoms with Gasteiger partial charge in [-0.05, 0) is 31.0 Å². The van der Waals surface area contributed by atoms with Crippen molar-refractivity contribution in [1.29, 1.82) is 0 Å². The minimum atomic E-state index is -7.44. The monoisotopic (exact) mass is 476 g/mol. The maximum Gasteiger partial charge on any atom is 0.460 e. The fourth-order valence-electron chi connectivity index (χ4n) is 2.38. The maximum absolute atomic E-state index is 14.0. The van der Waals surface area contributed by atoms with E-state index in [1.807, 2.05) is 0 Å². The highest BCUT2D eigenvalue weighted by molar-refractivity contribution is 5.29. The Hall–Kier alpha value is -1.79. The Morgan fingerprint density at radius 2 is 1.26 bits per heavy atom. The minimum absolute atomic E-state index is 0.232. The predicted octanol–water partition coefficient (Wildman–Crippen LogP) is 7.05. The lowest BCUT2D eigenvalue weighted by Crippen LogP contribution is -2.66. The number of methoxy groups -OCH3 is 1. The van der Waals surface area contributed by atoms with Gasteiger partial charge in [-0.1, -0.05) is 19.1 Å². The fourth-order valence-corrected chi connectivity index (χ4v) is 2.38. The highest BCUT2D eigenvalue weighted by Gasteiger charge is 2.87. The van der Waals surface area contributed by atoms with E-state index in [9.17, 15) is 48.3 Å². The lowest BCUT2D eigenvalue weighted by atomic mass is 9.92. The van der Waals surface area contributed by atoms with Crippen LogP contribution in [0.3, 0.4) is 0 Å². The molecular weight excluding hydrogens is 457 g/mol. The molecule has 1 aromatic carbocycles. The minimum Gasteiger partial charge on any atom is -0.491 e. The molecule has 0 saturated carbocycles. The first-order valence-corrected chi connectivity index (χ1v) is 8.73. The quantitative estimate of drug-likeness (QED) is 0.337. The molecule has 0 aliphatic carbocycles. The van der Waals surface area contributed by atoms with Crippen molar-refractivity contribution in [3.8, 4) is 5.75 Å². The SMILES string of the molecule is CCC(C)Oc1ccc(C(CC(F)(F)C(F)(F)C(F)(F)C(F)(F)C(F)(F)F)OC)cc1. The van der Waals surface area contributed by atoms with Gasteiger partial charge in [-0.25, -0.2) is 0 Å². The van der Waals surface area contributed by atoms with Crippen molar-refractivity contribution < 1.29 is 57.8 Å². The van der Waals surface area contributed by atoms with E-state index in [0.29, 0.717) is 6.42 Å². The van der Waals surface area contributed by atoms with E-state index < -0.39 is 42.4 Å². The van der Waals surface area contributed by atoms with Crippen LogP contribution in [-0.2, 0) is 4.74 Å². The van der Waals surface area contributed by atoms with E-state index in [1.165, 1.54) is 12.1 Å². The van der Waals surface area contributed by atoms with Crippen LogP contribution in [0.2, 0.25) is 0 Å². The molecule has 0 amide bonds. The Morgan fingerprint density at radius 3 is 1.65 bits per heavy atom. The van der Waals surface area contributed by atoms with E-state index in [1.54, 1.807) is 13.8 Å². The summed E-state index contributed by atoms with van der Waals surface area (Å²) in [5.41, 5.74) is -0.250. The molecule has 13 heteroatoms. The molecule has 0 fully saturated rings. The molecule has 0 aliphatic rings. The first kappa shape index (κ1) is 27.2.